The van der Waals surface area contributed by atoms with Gasteiger partial charge in [-0.15, -0.1) is 0 Å². The van der Waals surface area contributed by atoms with Crippen LogP contribution in [0.5, 0.6) is 11.5 Å². The summed E-state index contributed by atoms with van der Waals surface area (Å²) in [5.74, 6) is -0.699. The predicted molar refractivity (Wildman–Crippen MR) is 147 cm³/mol. The molecule has 1 aliphatic rings. The lowest BCUT2D eigenvalue weighted by Gasteiger charge is -2.31. The van der Waals surface area contributed by atoms with E-state index in [1.807, 2.05) is 0 Å². The second kappa shape index (κ2) is 18.4. The third-order valence-electron chi connectivity index (χ3n) is 6.16. The van der Waals surface area contributed by atoms with Crippen molar-refractivity contribution in [2.75, 3.05) is 26.7 Å². The van der Waals surface area contributed by atoms with E-state index in [1.165, 1.54) is 11.0 Å². The molecule has 0 saturated carbocycles. The van der Waals surface area contributed by atoms with E-state index >= 15 is 0 Å². The first-order chi connectivity index (χ1) is 19.7. The van der Waals surface area contributed by atoms with Gasteiger partial charge in [0.25, 0.3) is 0 Å². The summed E-state index contributed by atoms with van der Waals surface area (Å²) in [6, 6.07) is 4.93. The monoisotopic (exact) mass is 577 g/mol. The number of nitrogens with zero attached hydrogens (tertiary/aromatic N) is 1. The molecule has 13 heteroatoms. The minimum Gasteiger partial charge on any atom is -0.493 e. The van der Waals surface area contributed by atoms with Gasteiger partial charge in [0.05, 0.1) is 12.7 Å². The van der Waals surface area contributed by atoms with Crippen molar-refractivity contribution in [2.45, 2.75) is 70.1 Å². The molecule has 1 aromatic carbocycles. The molecule has 1 saturated heterocycles. The highest BCUT2D eigenvalue weighted by atomic mass is 16.7. The van der Waals surface area contributed by atoms with Crippen molar-refractivity contribution < 1.29 is 48.3 Å². The van der Waals surface area contributed by atoms with Crippen LogP contribution in [0.1, 0.15) is 50.5 Å². The van der Waals surface area contributed by atoms with Crippen LogP contribution in [0.25, 0.3) is 0 Å². The fraction of sp³-hybridized carbons (Fsp3) is 0.536. The molecule has 41 heavy (non-hydrogen) atoms. The number of carboxylic acid groups (broad SMARTS) is 1. The number of rotatable bonds is 19. The van der Waals surface area contributed by atoms with Crippen molar-refractivity contribution in [1.82, 2.24) is 10.2 Å². The number of aliphatic hydroxyl groups excluding tert-OH is 1. The van der Waals surface area contributed by atoms with Crippen molar-refractivity contribution in [3.63, 3.8) is 0 Å². The van der Waals surface area contributed by atoms with Crippen molar-refractivity contribution in [1.29, 1.82) is 5.41 Å². The van der Waals surface area contributed by atoms with Crippen molar-refractivity contribution in [3.05, 3.63) is 35.9 Å². The zero-order chi connectivity index (χ0) is 30.0. The number of ether oxygens (including phenoxy) is 4. The van der Waals surface area contributed by atoms with Gasteiger partial charge in [-0.05, 0) is 37.5 Å². The summed E-state index contributed by atoms with van der Waals surface area (Å²) < 4.78 is 22.1. The Bertz CT molecular complexity index is 1050. The quantitative estimate of drug-likeness (QED) is 0.0621. The van der Waals surface area contributed by atoms with Gasteiger partial charge in [-0.3, -0.25) is 19.8 Å². The largest absolute Gasteiger partial charge is 0.493 e. The Morgan fingerprint density at radius 3 is 2.73 bits per heavy atom. The van der Waals surface area contributed by atoms with Gasteiger partial charge in [-0.25, -0.2) is 4.79 Å². The van der Waals surface area contributed by atoms with Gasteiger partial charge >= 0.3 is 5.97 Å². The molecule has 2 amide bonds. The number of hydrogen-bond acceptors (Lipinski definition) is 10. The summed E-state index contributed by atoms with van der Waals surface area (Å²) in [5, 5.41) is 29.1. The summed E-state index contributed by atoms with van der Waals surface area (Å²) >= 11 is 0. The van der Waals surface area contributed by atoms with Gasteiger partial charge in [-0.1, -0.05) is 6.42 Å². The molecule has 1 heterocycles. The van der Waals surface area contributed by atoms with Crippen molar-refractivity contribution in [2.24, 2.45) is 0 Å². The number of aldehydes is 1. The van der Waals surface area contributed by atoms with E-state index < -0.39 is 24.5 Å². The Balaban J connectivity index is 1.74. The van der Waals surface area contributed by atoms with Crippen molar-refractivity contribution in [3.8, 4) is 11.5 Å². The molecule has 3 unspecified atom stereocenters. The zero-order valence-electron chi connectivity index (χ0n) is 23.2. The molecule has 1 fully saturated rings. The molecular weight excluding hydrogens is 538 g/mol. The smallest absolute Gasteiger partial charge is 0.333 e. The highest BCUT2D eigenvalue weighted by molar-refractivity contribution is 5.90. The van der Waals surface area contributed by atoms with Gasteiger partial charge in [0.1, 0.15) is 24.4 Å². The van der Waals surface area contributed by atoms with E-state index in [-0.39, 0.29) is 37.9 Å². The normalized spacial score (nSPS) is 18.3. The van der Waals surface area contributed by atoms with Crippen LogP contribution in [0, 0.1) is 5.41 Å². The van der Waals surface area contributed by atoms with Crippen LogP contribution < -0.4 is 14.8 Å². The average Bonchev–Trinajstić information content (AvgIpc) is 2.94. The maximum absolute atomic E-state index is 12.1. The van der Waals surface area contributed by atoms with Crippen LogP contribution in [0.15, 0.2) is 30.4 Å². The Morgan fingerprint density at radius 1 is 1.20 bits per heavy atom. The van der Waals surface area contributed by atoms with E-state index in [0.29, 0.717) is 55.7 Å². The molecule has 0 aliphatic carbocycles. The summed E-state index contributed by atoms with van der Waals surface area (Å²) in [7, 11) is 1.66. The maximum atomic E-state index is 12.1. The number of aliphatic carboxylic acids is 1. The number of likely N-dealkylation sites (N-methyl/N-ethyl adjacent to an activating group) is 1. The first kappa shape index (κ1) is 33.2. The minimum absolute atomic E-state index is 0.0119. The van der Waals surface area contributed by atoms with E-state index in [4.69, 9.17) is 24.4 Å². The molecule has 0 radical (unpaired) electrons. The fourth-order valence-corrected chi connectivity index (χ4v) is 3.98. The molecule has 0 aromatic heterocycles. The van der Waals surface area contributed by atoms with E-state index in [2.05, 4.69) is 5.32 Å². The molecule has 13 nitrogen and oxygen atoms in total. The van der Waals surface area contributed by atoms with Crippen LogP contribution in [-0.4, -0.2) is 90.8 Å². The number of carboxylic acids is 1. The van der Waals surface area contributed by atoms with Crippen molar-refractivity contribution >= 4 is 30.5 Å². The van der Waals surface area contributed by atoms with E-state index in [9.17, 15) is 29.4 Å². The molecule has 1 aromatic rings. The summed E-state index contributed by atoms with van der Waals surface area (Å²) in [6.07, 6.45) is 4.00. The second-order valence-corrected chi connectivity index (χ2v) is 9.45. The summed E-state index contributed by atoms with van der Waals surface area (Å²) in [6.45, 7) is 1.32. The fourth-order valence-electron chi connectivity index (χ4n) is 3.98. The van der Waals surface area contributed by atoms with E-state index in [1.54, 1.807) is 25.2 Å². The molecule has 1 aliphatic heterocycles. The first-order valence-electron chi connectivity index (χ1n) is 13.5. The number of aliphatic hydroxyl groups is 1. The molecular formula is C28H39N3O10. The second-order valence-electron chi connectivity index (χ2n) is 9.45. The van der Waals surface area contributed by atoms with Gasteiger partial charge in [0, 0.05) is 57.1 Å². The van der Waals surface area contributed by atoms with Gasteiger partial charge < -0.3 is 39.4 Å². The van der Waals surface area contributed by atoms with Gasteiger partial charge in [-0.2, -0.15) is 0 Å². The highest BCUT2D eigenvalue weighted by Crippen LogP contribution is 2.29. The molecule has 3 atom stereocenters. The van der Waals surface area contributed by atoms with Gasteiger partial charge in [0.2, 0.25) is 18.1 Å². The third kappa shape index (κ3) is 12.8. The van der Waals surface area contributed by atoms with Gasteiger partial charge in [0.15, 0.2) is 12.5 Å². The molecule has 2 rings (SSSR count). The Morgan fingerprint density at radius 2 is 2.00 bits per heavy atom. The molecule has 226 valence electrons. The lowest BCUT2D eigenvalue weighted by molar-refractivity contribution is -0.195. The summed E-state index contributed by atoms with van der Waals surface area (Å²) in [5.41, 5.74) is 0.657. The molecule has 0 spiro atoms. The topological polar surface area (TPSA) is 185 Å². The Labute approximate surface area is 238 Å². The maximum Gasteiger partial charge on any atom is 0.333 e. The first-order valence-corrected chi connectivity index (χ1v) is 13.5. The number of unbranched alkanes of at least 4 members (excludes halogenated alkanes) is 2. The number of carbonyl (C=O) groups is 4. The van der Waals surface area contributed by atoms with Crippen LogP contribution >= 0.6 is 0 Å². The van der Waals surface area contributed by atoms with Crippen LogP contribution in [-0.2, 0) is 35.3 Å². The molecule has 4 N–H and O–H groups in total. The SMILES string of the molecule is CN(CCCCCC(=O)NCCCOc1cc(OC2CC(O)CC(C(=O)O)O2)ccc1COC=N)C(=O)/C=C\C=O. The lowest BCUT2D eigenvalue weighted by atomic mass is 10.1. The number of carbonyl (C=O) groups excluding carboxylic acids is 3. The number of hydrogen-bond donors (Lipinski definition) is 4. The Kier molecular flexibility index (Phi) is 14.9. The number of benzene rings is 1. The third-order valence-corrected chi connectivity index (χ3v) is 6.16. The van der Waals surface area contributed by atoms with Crippen LogP contribution in [0.4, 0.5) is 0 Å². The predicted octanol–water partition coefficient (Wildman–Crippen LogP) is 1.80. The average molecular weight is 578 g/mol. The zero-order valence-corrected chi connectivity index (χ0v) is 23.2. The van der Waals surface area contributed by atoms with Crippen LogP contribution in [0.3, 0.4) is 0 Å². The van der Waals surface area contributed by atoms with Crippen LogP contribution in [0.2, 0.25) is 0 Å². The Hall–Kier alpha value is -3.97. The number of amides is 2. The standard InChI is InChI=1S/C28H39N3O10/c1-31(26(35)8-5-13-32)12-4-2-3-7-25(34)30-11-6-14-39-23-17-22(10-9-20(23)18-38-19-29)40-27-16-21(33)15-24(41-27)28(36)37/h5,8-10,13,17,19,21,24,27,29,33H,2-4,6-7,11-12,14-16,18H2,1H3,(H,30,34)(H,36,37)/b8-5-,29-19?. The molecule has 0 bridgehead atoms. The number of allylic oxidation sites excluding steroid dienone is 1. The van der Waals surface area contributed by atoms with E-state index in [0.717, 1.165) is 25.3 Å². The lowest BCUT2D eigenvalue weighted by Crippen LogP contribution is -2.42. The minimum atomic E-state index is -1.17. The highest BCUT2D eigenvalue weighted by Gasteiger charge is 2.34. The number of nitrogens with one attached hydrogen (secondary N) is 2. The summed E-state index contributed by atoms with van der Waals surface area (Å²) in [4.78, 5) is 46.9.